The molecule has 0 aromatic heterocycles. The van der Waals surface area contributed by atoms with Crippen molar-refractivity contribution in [2.45, 2.75) is 19.9 Å². The number of hydrogen-bond acceptors (Lipinski definition) is 6. The molecule has 7 heteroatoms. The Morgan fingerprint density at radius 2 is 1.77 bits per heavy atom. The van der Waals surface area contributed by atoms with Crippen molar-refractivity contribution in [3.05, 3.63) is 17.7 Å². The molecular weight excluding hydrogens is 288 g/mol. The molecular formula is C15H22N2O5. The van der Waals surface area contributed by atoms with Gasteiger partial charge in [-0.15, -0.1) is 0 Å². The summed E-state index contributed by atoms with van der Waals surface area (Å²) in [6.45, 7) is 3.46. The maximum absolute atomic E-state index is 12.2. The zero-order valence-corrected chi connectivity index (χ0v) is 13.4. The molecule has 0 aliphatic carbocycles. The summed E-state index contributed by atoms with van der Waals surface area (Å²) in [5, 5.41) is 2.70. The van der Waals surface area contributed by atoms with Crippen molar-refractivity contribution in [2.24, 2.45) is 11.7 Å². The lowest BCUT2D eigenvalue weighted by molar-refractivity contribution is -0.119. The van der Waals surface area contributed by atoms with Crippen molar-refractivity contribution in [1.82, 2.24) is 0 Å². The van der Waals surface area contributed by atoms with E-state index < -0.39 is 11.9 Å². The normalized spacial score (nSPS) is 13.0. The molecule has 22 heavy (non-hydrogen) atoms. The number of amides is 1. The number of nitrogens with two attached hydrogens (primary N) is 1. The van der Waals surface area contributed by atoms with Crippen LogP contribution in [0.2, 0.25) is 0 Å². The van der Waals surface area contributed by atoms with E-state index in [-0.39, 0.29) is 17.5 Å². The molecule has 0 heterocycles. The Balaban J connectivity index is 3.25. The molecule has 0 aliphatic heterocycles. The third-order valence-corrected chi connectivity index (χ3v) is 3.36. The summed E-state index contributed by atoms with van der Waals surface area (Å²) in [6, 6.07) is 2.64. The second-order valence-corrected chi connectivity index (χ2v) is 4.89. The average molecular weight is 310 g/mol. The van der Waals surface area contributed by atoms with Crippen LogP contribution in [0.1, 0.15) is 24.2 Å². The van der Waals surface area contributed by atoms with E-state index in [1.165, 1.54) is 33.5 Å². The molecule has 1 amide bonds. The van der Waals surface area contributed by atoms with Gasteiger partial charge in [0.2, 0.25) is 5.91 Å². The van der Waals surface area contributed by atoms with Gasteiger partial charge in [-0.2, -0.15) is 0 Å². The first-order chi connectivity index (χ1) is 10.3. The van der Waals surface area contributed by atoms with Gasteiger partial charge in [-0.25, -0.2) is 4.79 Å². The highest BCUT2D eigenvalue weighted by Gasteiger charge is 2.22. The van der Waals surface area contributed by atoms with Gasteiger partial charge >= 0.3 is 5.97 Å². The Kier molecular flexibility index (Phi) is 6.18. The molecule has 0 saturated heterocycles. The summed E-state index contributed by atoms with van der Waals surface area (Å²) < 4.78 is 15.1. The van der Waals surface area contributed by atoms with E-state index in [1.807, 2.05) is 0 Å². The number of carbonyl (C=O) groups is 2. The minimum Gasteiger partial charge on any atom is -0.493 e. The summed E-state index contributed by atoms with van der Waals surface area (Å²) in [4.78, 5) is 23.9. The van der Waals surface area contributed by atoms with Gasteiger partial charge in [0.1, 0.15) is 0 Å². The van der Waals surface area contributed by atoms with Crippen LogP contribution >= 0.6 is 0 Å². The van der Waals surface area contributed by atoms with Crippen LogP contribution < -0.4 is 20.5 Å². The van der Waals surface area contributed by atoms with Gasteiger partial charge < -0.3 is 25.3 Å². The van der Waals surface area contributed by atoms with Crippen LogP contribution in [0.4, 0.5) is 5.69 Å². The molecule has 1 rings (SSSR count). The van der Waals surface area contributed by atoms with Crippen molar-refractivity contribution in [1.29, 1.82) is 0 Å². The Morgan fingerprint density at radius 1 is 1.14 bits per heavy atom. The minimum atomic E-state index is -0.545. The van der Waals surface area contributed by atoms with E-state index >= 15 is 0 Å². The van der Waals surface area contributed by atoms with Crippen molar-refractivity contribution in [3.8, 4) is 11.5 Å². The molecule has 7 nitrogen and oxygen atoms in total. The summed E-state index contributed by atoms with van der Waals surface area (Å²) in [6.07, 6.45) is 0. The zero-order chi connectivity index (χ0) is 16.9. The zero-order valence-electron chi connectivity index (χ0n) is 13.4. The molecule has 0 radical (unpaired) electrons. The van der Waals surface area contributed by atoms with E-state index in [0.29, 0.717) is 17.2 Å². The number of anilines is 1. The van der Waals surface area contributed by atoms with E-state index in [0.717, 1.165) is 0 Å². The van der Waals surface area contributed by atoms with E-state index in [4.69, 9.17) is 15.2 Å². The van der Waals surface area contributed by atoms with Gasteiger partial charge in [-0.1, -0.05) is 6.92 Å². The molecule has 3 N–H and O–H groups in total. The molecule has 0 spiro atoms. The lowest BCUT2D eigenvalue weighted by Gasteiger charge is -2.18. The lowest BCUT2D eigenvalue weighted by atomic mass is 10.0. The summed E-state index contributed by atoms with van der Waals surface area (Å²) in [5.74, 6) is -0.596. The SMILES string of the molecule is COC(=O)c1cc(NC(=O)C(C)C(C)N)c(OC)c(OC)c1. The Hall–Kier alpha value is -2.28. The predicted molar refractivity (Wildman–Crippen MR) is 82.3 cm³/mol. The minimum absolute atomic E-state index is 0.240. The van der Waals surface area contributed by atoms with Gasteiger partial charge in [-0.05, 0) is 19.1 Å². The van der Waals surface area contributed by atoms with Crippen molar-refractivity contribution >= 4 is 17.6 Å². The fourth-order valence-corrected chi connectivity index (χ4v) is 1.78. The van der Waals surface area contributed by atoms with Gasteiger partial charge in [0, 0.05) is 6.04 Å². The second kappa shape index (κ2) is 7.65. The number of rotatable bonds is 6. The van der Waals surface area contributed by atoms with Gasteiger partial charge in [-0.3, -0.25) is 4.79 Å². The summed E-state index contributed by atoms with van der Waals surface area (Å²) in [5.41, 5.74) is 6.28. The van der Waals surface area contributed by atoms with Crippen LogP contribution in [0.25, 0.3) is 0 Å². The van der Waals surface area contributed by atoms with Crippen LogP contribution in [-0.2, 0) is 9.53 Å². The van der Waals surface area contributed by atoms with Crippen LogP contribution in [0.3, 0.4) is 0 Å². The Labute approximate surface area is 129 Å². The largest absolute Gasteiger partial charge is 0.493 e. The highest BCUT2D eigenvalue weighted by Crippen LogP contribution is 2.37. The number of methoxy groups -OCH3 is 3. The Morgan fingerprint density at radius 3 is 2.23 bits per heavy atom. The Bertz CT molecular complexity index is 557. The molecule has 2 atom stereocenters. The topological polar surface area (TPSA) is 99.9 Å². The van der Waals surface area contributed by atoms with Crippen LogP contribution in [0.15, 0.2) is 12.1 Å². The molecule has 0 fully saturated rings. The van der Waals surface area contributed by atoms with Crippen LogP contribution in [-0.4, -0.2) is 39.2 Å². The highest BCUT2D eigenvalue weighted by atomic mass is 16.5. The highest BCUT2D eigenvalue weighted by molar-refractivity contribution is 5.98. The molecule has 1 aromatic rings. The van der Waals surface area contributed by atoms with Gasteiger partial charge in [0.25, 0.3) is 0 Å². The monoisotopic (exact) mass is 310 g/mol. The predicted octanol–water partition coefficient (Wildman–Crippen LogP) is 1.41. The molecule has 0 bridgehead atoms. The van der Waals surface area contributed by atoms with E-state index in [1.54, 1.807) is 13.8 Å². The first-order valence-corrected chi connectivity index (χ1v) is 6.76. The lowest BCUT2D eigenvalue weighted by Crippen LogP contribution is -2.34. The fraction of sp³-hybridized carbons (Fsp3) is 0.467. The third kappa shape index (κ3) is 3.88. The first kappa shape index (κ1) is 17.8. The third-order valence-electron chi connectivity index (χ3n) is 3.36. The number of hydrogen-bond donors (Lipinski definition) is 2. The number of carbonyl (C=O) groups excluding carboxylic acids is 2. The van der Waals surface area contributed by atoms with Gasteiger partial charge in [0.05, 0.1) is 38.5 Å². The second-order valence-electron chi connectivity index (χ2n) is 4.89. The number of ether oxygens (including phenoxy) is 3. The fourth-order valence-electron chi connectivity index (χ4n) is 1.78. The molecule has 0 aliphatic rings. The number of esters is 1. The number of nitrogens with one attached hydrogen (secondary N) is 1. The van der Waals surface area contributed by atoms with Crippen LogP contribution in [0, 0.1) is 5.92 Å². The molecule has 122 valence electrons. The smallest absolute Gasteiger partial charge is 0.338 e. The maximum atomic E-state index is 12.2. The molecule has 1 aromatic carbocycles. The summed E-state index contributed by atoms with van der Waals surface area (Å²) >= 11 is 0. The quantitative estimate of drug-likeness (QED) is 0.771. The standard InChI is InChI=1S/C15H22N2O5/c1-8(9(2)16)14(18)17-11-6-10(15(19)22-5)7-12(20-3)13(11)21-4/h6-9H,16H2,1-5H3,(H,17,18). The first-order valence-electron chi connectivity index (χ1n) is 6.76. The maximum Gasteiger partial charge on any atom is 0.338 e. The summed E-state index contributed by atoms with van der Waals surface area (Å²) in [7, 11) is 4.16. The van der Waals surface area contributed by atoms with E-state index in [2.05, 4.69) is 10.1 Å². The van der Waals surface area contributed by atoms with E-state index in [9.17, 15) is 9.59 Å². The van der Waals surface area contributed by atoms with Crippen molar-refractivity contribution < 1.29 is 23.8 Å². The number of benzene rings is 1. The molecule has 2 unspecified atom stereocenters. The van der Waals surface area contributed by atoms with Crippen LogP contribution in [0.5, 0.6) is 11.5 Å². The average Bonchev–Trinajstić information content (AvgIpc) is 2.51. The van der Waals surface area contributed by atoms with Gasteiger partial charge in [0.15, 0.2) is 11.5 Å². The molecule has 0 saturated carbocycles. The van der Waals surface area contributed by atoms with Crippen molar-refractivity contribution in [2.75, 3.05) is 26.6 Å². The van der Waals surface area contributed by atoms with Crippen molar-refractivity contribution in [3.63, 3.8) is 0 Å².